The Bertz CT molecular complexity index is 2580. The van der Waals surface area contributed by atoms with Gasteiger partial charge >= 0.3 is 0 Å². The summed E-state index contributed by atoms with van der Waals surface area (Å²) in [6.45, 7) is 11.6. The van der Waals surface area contributed by atoms with Crippen LogP contribution in [0.1, 0.15) is 92.7 Å². The Morgan fingerprint density at radius 2 is 1.26 bits per heavy atom. The maximum absolute atomic E-state index is 14.6. The standard InChI is InChI=1S/C56H81N11O14/c1-30(2)22-39-44(70)23-32(5)48(73)65-47(31(3)4)54(79)62-40(24-37-18-14-12-15-19-37)52(77)63-41(56(81)66(10)36(9)50(75)64-42(29-68)51(76)57-27-33(6)69)26-45(71)59-34(7)49(74)60-35(8)55(80)67(11)43(25-38-20-16-13-17-21-38)53(78)58-28-46(72)61-39/h12-21,30-32,34-36,39-43,47,68H,22-29H2,1-11H3,(H,57,76)(H,58,78)(H,59,71)(H,60,74)(H,61,72)(H,62,79)(H,63,77)(H,64,75)(H,65,73)/t32-,34+,35+,36+,39+,40+,41+,42+,43+,47+/m1/s1. The van der Waals surface area contributed by atoms with Crippen molar-refractivity contribution in [3.63, 3.8) is 0 Å². The Morgan fingerprint density at radius 1 is 0.667 bits per heavy atom. The molecular formula is C56H81N11O14. The lowest BCUT2D eigenvalue weighted by molar-refractivity contribution is -0.144. The van der Waals surface area contributed by atoms with Crippen molar-refractivity contribution >= 4 is 76.5 Å². The van der Waals surface area contributed by atoms with Crippen LogP contribution in [0.2, 0.25) is 0 Å². The number of carbonyl (C=O) groups is 13. The Labute approximate surface area is 472 Å². The van der Waals surface area contributed by atoms with Crippen LogP contribution in [0.5, 0.6) is 0 Å². The van der Waals surface area contributed by atoms with Crippen LogP contribution in [-0.2, 0) is 75.2 Å². The summed E-state index contributed by atoms with van der Waals surface area (Å²) in [4.78, 5) is 180. The molecule has 1 fully saturated rings. The van der Waals surface area contributed by atoms with Crippen LogP contribution in [-0.4, -0.2) is 180 Å². The first kappa shape index (κ1) is 67.2. The third-order valence-electron chi connectivity index (χ3n) is 13.5. The van der Waals surface area contributed by atoms with E-state index in [0.717, 1.165) is 16.8 Å². The van der Waals surface area contributed by atoms with Gasteiger partial charge in [0.05, 0.1) is 32.2 Å². The predicted octanol–water partition coefficient (Wildman–Crippen LogP) is -1.91. The maximum atomic E-state index is 14.6. The summed E-state index contributed by atoms with van der Waals surface area (Å²) in [6.07, 6.45) is -1.31. The monoisotopic (exact) mass is 1130 g/mol. The number of nitrogens with zero attached hydrogens (tertiary/aromatic N) is 2. The molecule has 0 radical (unpaired) electrons. The van der Waals surface area contributed by atoms with Crippen LogP contribution in [0.15, 0.2) is 60.7 Å². The molecular weight excluding hydrogens is 1050 g/mol. The first-order chi connectivity index (χ1) is 38.0. The SMILES string of the molecule is CC(=O)CNC(=O)[C@H](CO)NC(=O)[C@H](C)N(C)C(=O)[C@@H]1CC(=O)N[C@@H](C)C(=O)N[C@@H](C)C(=O)N(C)[C@@H](Cc2ccccc2)C(=O)NCC(=O)N[C@@H](CC(C)C)C(=O)C[C@@H](C)C(=O)N[C@@H](C(C)C)C(=O)N[C@@H](Cc2ccccc2)C(=O)N1. The van der Waals surface area contributed by atoms with E-state index in [0.29, 0.717) is 11.1 Å². The molecule has 1 heterocycles. The lowest BCUT2D eigenvalue weighted by Crippen LogP contribution is -2.61. The second-order valence-electron chi connectivity index (χ2n) is 21.2. The Kier molecular flexibility index (Phi) is 26.7. The van der Waals surface area contributed by atoms with E-state index in [2.05, 4.69) is 47.9 Å². The number of nitrogens with one attached hydrogen (secondary N) is 9. The van der Waals surface area contributed by atoms with Crippen LogP contribution in [0.25, 0.3) is 0 Å². The number of aliphatic hydroxyl groups is 1. The fourth-order valence-corrected chi connectivity index (χ4v) is 8.52. The Morgan fingerprint density at radius 3 is 1.81 bits per heavy atom. The topological polar surface area (TPSA) is 357 Å². The summed E-state index contributed by atoms with van der Waals surface area (Å²) in [7, 11) is 2.50. The minimum absolute atomic E-state index is 0.0258. The number of amides is 11. The molecule has 2 aromatic rings. The molecule has 0 aromatic heterocycles. The third kappa shape index (κ3) is 21.5. The van der Waals surface area contributed by atoms with Crippen LogP contribution in [0, 0.1) is 17.8 Å². The zero-order chi connectivity index (χ0) is 60.8. The first-order valence-electron chi connectivity index (χ1n) is 26.9. The molecule has 11 amide bonds. The molecule has 2 aromatic carbocycles. The van der Waals surface area contributed by atoms with E-state index in [1.165, 1.54) is 41.7 Å². The summed E-state index contributed by atoms with van der Waals surface area (Å²) in [6, 6.07) is 4.36. The molecule has 0 saturated carbocycles. The van der Waals surface area contributed by atoms with Crippen molar-refractivity contribution < 1.29 is 67.4 Å². The van der Waals surface area contributed by atoms with Crippen molar-refractivity contribution in [2.24, 2.45) is 17.8 Å². The van der Waals surface area contributed by atoms with E-state index in [9.17, 15) is 67.4 Å². The fourth-order valence-electron chi connectivity index (χ4n) is 8.52. The van der Waals surface area contributed by atoms with Crippen molar-refractivity contribution in [2.45, 2.75) is 149 Å². The minimum atomic E-state index is -1.84. The Balaban J connectivity index is 2.13. The second kappa shape index (κ2) is 32.2. The molecule has 1 aliphatic rings. The molecule has 25 nitrogen and oxygen atoms in total. The molecule has 10 atom stereocenters. The lowest BCUT2D eigenvalue weighted by Gasteiger charge is -2.31. The van der Waals surface area contributed by atoms with Crippen LogP contribution in [0.4, 0.5) is 0 Å². The van der Waals surface area contributed by atoms with Crippen LogP contribution >= 0.6 is 0 Å². The highest BCUT2D eigenvalue weighted by atomic mass is 16.3. The van der Waals surface area contributed by atoms with E-state index < -0.39 is 169 Å². The smallest absolute Gasteiger partial charge is 0.246 e. The van der Waals surface area contributed by atoms with E-state index >= 15 is 0 Å². The van der Waals surface area contributed by atoms with Gasteiger partial charge in [-0.05, 0) is 57.1 Å². The van der Waals surface area contributed by atoms with Gasteiger partial charge in [-0.2, -0.15) is 0 Å². The molecule has 10 N–H and O–H groups in total. The van der Waals surface area contributed by atoms with Crippen molar-refractivity contribution in [3.8, 4) is 0 Å². The highest BCUT2D eigenvalue weighted by Gasteiger charge is 2.38. The van der Waals surface area contributed by atoms with Crippen LogP contribution < -0.4 is 47.9 Å². The number of aliphatic hydroxyl groups excluding tert-OH is 1. The van der Waals surface area contributed by atoms with Gasteiger partial charge < -0.3 is 62.8 Å². The molecule has 0 unspecified atom stereocenters. The van der Waals surface area contributed by atoms with Gasteiger partial charge in [-0.1, -0.05) is 95.3 Å². The zero-order valence-corrected chi connectivity index (χ0v) is 48.0. The van der Waals surface area contributed by atoms with E-state index in [1.807, 2.05) is 13.8 Å². The molecule has 0 spiro atoms. The predicted molar refractivity (Wildman–Crippen MR) is 295 cm³/mol. The number of likely N-dealkylation sites (N-methyl/N-ethyl adjacent to an activating group) is 2. The van der Waals surface area contributed by atoms with Gasteiger partial charge in [-0.25, -0.2) is 0 Å². The lowest BCUT2D eigenvalue weighted by atomic mass is 9.93. The van der Waals surface area contributed by atoms with Gasteiger partial charge in [0, 0.05) is 39.3 Å². The van der Waals surface area contributed by atoms with Crippen molar-refractivity contribution in [1.29, 1.82) is 0 Å². The summed E-state index contributed by atoms with van der Waals surface area (Å²) < 4.78 is 0. The first-order valence-corrected chi connectivity index (χ1v) is 26.9. The molecule has 1 saturated heterocycles. The molecule has 444 valence electrons. The average molecular weight is 1130 g/mol. The van der Waals surface area contributed by atoms with E-state index in [1.54, 1.807) is 74.5 Å². The number of rotatable bonds is 15. The fraction of sp³-hybridized carbons (Fsp3) is 0.554. The van der Waals surface area contributed by atoms with E-state index in [-0.39, 0.29) is 31.6 Å². The van der Waals surface area contributed by atoms with Gasteiger partial charge in [-0.15, -0.1) is 0 Å². The maximum Gasteiger partial charge on any atom is 0.246 e. The summed E-state index contributed by atoms with van der Waals surface area (Å²) in [5, 5.41) is 32.6. The van der Waals surface area contributed by atoms with Gasteiger partial charge in [0.15, 0.2) is 5.78 Å². The number of carbonyl (C=O) groups excluding carboxylic acids is 13. The normalized spacial score (nSPS) is 23.6. The third-order valence-corrected chi connectivity index (χ3v) is 13.5. The van der Waals surface area contributed by atoms with Gasteiger partial charge in [0.1, 0.15) is 54.1 Å². The second-order valence-corrected chi connectivity index (χ2v) is 21.2. The number of hydrogen-bond donors (Lipinski definition) is 10. The summed E-state index contributed by atoms with van der Waals surface area (Å²) in [5.74, 6) is -12.3. The number of ketones is 2. The summed E-state index contributed by atoms with van der Waals surface area (Å²) in [5.41, 5.74) is 1.18. The molecule has 3 rings (SSSR count). The largest absolute Gasteiger partial charge is 0.394 e. The zero-order valence-electron chi connectivity index (χ0n) is 48.0. The highest BCUT2D eigenvalue weighted by molar-refractivity contribution is 6.00. The van der Waals surface area contributed by atoms with Gasteiger partial charge in [0.25, 0.3) is 0 Å². The summed E-state index contributed by atoms with van der Waals surface area (Å²) >= 11 is 0. The van der Waals surface area contributed by atoms with Gasteiger partial charge in [0.2, 0.25) is 65.0 Å². The quantitative estimate of drug-likeness (QED) is 0.0932. The van der Waals surface area contributed by atoms with Crippen molar-refractivity contribution in [1.82, 2.24) is 57.7 Å². The van der Waals surface area contributed by atoms with E-state index in [4.69, 9.17) is 0 Å². The number of benzene rings is 2. The molecule has 0 bridgehead atoms. The molecule has 1 aliphatic heterocycles. The molecule has 0 aliphatic carbocycles. The highest BCUT2D eigenvalue weighted by Crippen LogP contribution is 2.16. The molecule has 25 heteroatoms. The minimum Gasteiger partial charge on any atom is -0.394 e. The molecule has 81 heavy (non-hydrogen) atoms. The Hall–Kier alpha value is -8.09. The van der Waals surface area contributed by atoms with Crippen molar-refractivity contribution in [3.05, 3.63) is 71.8 Å². The number of hydrogen-bond acceptors (Lipinski definition) is 14. The van der Waals surface area contributed by atoms with Gasteiger partial charge in [-0.3, -0.25) is 62.3 Å². The average Bonchev–Trinajstić information content (AvgIpc) is 3.41. The number of Topliss-reactive ketones (excluding diaryl/α,β-unsaturated/α-hetero) is 2. The van der Waals surface area contributed by atoms with Crippen LogP contribution in [0.3, 0.4) is 0 Å². The van der Waals surface area contributed by atoms with Crippen molar-refractivity contribution in [2.75, 3.05) is 33.8 Å².